The van der Waals surface area contributed by atoms with Crippen LogP contribution in [-0.2, 0) is 0 Å². The summed E-state index contributed by atoms with van der Waals surface area (Å²) in [7, 11) is 0. The van der Waals surface area contributed by atoms with Gasteiger partial charge in [0.2, 0.25) is 0 Å². The van der Waals surface area contributed by atoms with Crippen LogP contribution in [0.5, 0.6) is 0 Å². The summed E-state index contributed by atoms with van der Waals surface area (Å²) in [4.78, 5) is 0. The van der Waals surface area contributed by atoms with E-state index in [1.165, 1.54) is 25.7 Å². The molecule has 1 N–H and O–H groups in total. The summed E-state index contributed by atoms with van der Waals surface area (Å²) in [5, 5.41) is 3.33. The van der Waals surface area contributed by atoms with Gasteiger partial charge in [-0.2, -0.15) is 0 Å². The summed E-state index contributed by atoms with van der Waals surface area (Å²) >= 11 is 5.89. The molecule has 1 nitrogen and oxygen atoms in total. The molecule has 0 aromatic heterocycles. The molecule has 1 aromatic carbocycles. The Bertz CT molecular complexity index is 406. The smallest absolute Gasteiger partial charge is 0.150 e. The molecule has 0 atom stereocenters. The average molecular weight is 258 g/mol. The van der Waals surface area contributed by atoms with Gasteiger partial charge >= 0.3 is 0 Å². The predicted molar refractivity (Wildman–Crippen MR) is 64.2 cm³/mol. The summed E-state index contributed by atoms with van der Waals surface area (Å²) in [6, 6.07) is 2.35. The molecular formula is C13H14ClF2N. The number of benzene rings is 1. The molecule has 2 saturated carbocycles. The Balaban J connectivity index is 1.83. The molecule has 0 heterocycles. The van der Waals surface area contributed by atoms with E-state index in [0.29, 0.717) is 17.9 Å². The molecule has 0 radical (unpaired) electrons. The molecule has 1 aromatic rings. The molecule has 0 bridgehead atoms. The standard InChI is InChI=1S/C13H14ClF2N/c14-10-5-9(15)6-11(16)13(10)17-12(7-1-2-7)8-3-4-8/h5-8,12,17H,1-4H2. The van der Waals surface area contributed by atoms with Gasteiger partial charge in [0.05, 0.1) is 10.7 Å². The first kappa shape index (κ1) is 11.3. The lowest BCUT2D eigenvalue weighted by Gasteiger charge is -2.20. The maximum atomic E-state index is 13.7. The molecule has 3 rings (SSSR count). The van der Waals surface area contributed by atoms with E-state index in [1.807, 2.05) is 0 Å². The quantitative estimate of drug-likeness (QED) is 0.852. The van der Waals surface area contributed by atoms with Gasteiger partial charge in [0, 0.05) is 12.1 Å². The minimum Gasteiger partial charge on any atom is -0.378 e. The van der Waals surface area contributed by atoms with Crippen molar-refractivity contribution in [2.45, 2.75) is 31.7 Å². The van der Waals surface area contributed by atoms with Crippen molar-refractivity contribution in [2.75, 3.05) is 5.32 Å². The van der Waals surface area contributed by atoms with Crippen molar-refractivity contribution >= 4 is 17.3 Å². The largest absolute Gasteiger partial charge is 0.378 e. The van der Waals surface area contributed by atoms with E-state index in [4.69, 9.17) is 11.6 Å². The molecule has 4 heteroatoms. The first-order valence-corrected chi connectivity index (χ1v) is 6.44. The Labute approximate surface area is 104 Å². The Hall–Kier alpha value is -0.830. The maximum Gasteiger partial charge on any atom is 0.150 e. The number of nitrogens with one attached hydrogen (secondary N) is 1. The van der Waals surface area contributed by atoms with Gasteiger partial charge in [-0.25, -0.2) is 8.78 Å². The SMILES string of the molecule is Fc1cc(F)c(NC(C2CC2)C2CC2)c(Cl)c1. The van der Waals surface area contributed by atoms with Crippen molar-refractivity contribution in [1.82, 2.24) is 0 Å². The van der Waals surface area contributed by atoms with Crippen LogP contribution in [0.2, 0.25) is 5.02 Å². The molecule has 0 amide bonds. The number of hydrogen-bond acceptors (Lipinski definition) is 1. The lowest BCUT2D eigenvalue weighted by Crippen LogP contribution is -2.25. The van der Waals surface area contributed by atoms with Crippen LogP contribution in [0, 0.1) is 23.5 Å². The third-order valence-corrected chi connectivity index (χ3v) is 3.88. The zero-order valence-corrected chi connectivity index (χ0v) is 10.1. The fourth-order valence-electron chi connectivity index (χ4n) is 2.38. The van der Waals surface area contributed by atoms with Crippen LogP contribution in [0.25, 0.3) is 0 Å². The second-order valence-corrected chi connectivity index (χ2v) is 5.50. The van der Waals surface area contributed by atoms with Crippen molar-refractivity contribution in [1.29, 1.82) is 0 Å². The molecule has 2 aliphatic carbocycles. The maximum absolute atomic E-state index is 13.7. The molecule has 0 unspecified atom stereocenters. The van der Waals surface area contributed by atoms with Gasteiger partial charge in [0.25, 0.3) is 0 Å². The number of anilines is 1. The molecule has 0 spiro atoms. The summed E-state index contributed by atoms with van der Waals surface area (Å²) in [6.45, 7) is 0. The highest BCUT2D eigenvalue weighted by atomic mass is 35.5. The van der Waals surface area contributed by atoms with Gasteiger partial charge in [0.1, 0.15) is 5.82 Å². The molecule has 0 saturated heterocycles. The van der Waals surface area contributed by atoms with Crippen LogP contribution in [-0.4, -0.2) is 6.04 Å². The van der Waals surface area contributed by atoms with E-state index < -0.39 is 11.6 Å². The van der Waals surface area contributed by atoms with Gasteiger partial charge in [-0.05, 0) is 43.6 Å². The van der Waals surface area contributed by atoms with Crippen LogP contribution in [0.1, 0.15) is 25.7 Å². The third-order valence-electron chi connectivity index (χ3n) is 3.58. The minimum absolute atomic E-state index is 0.133. The molecule has 2 aliphatic rings. The Morgan fingerprint density at radius 2 is 1.71 bits per heavy atom. The van der Waals surface area contributed by atoms with Gasteiger partial charge in [0.15, 0.2) is 5.82 Å². The second-order valence-electron chi connectivity index (χ2n) is 5.09. The highest BCUT2D eigenvalue weighted by Crippen LogP contribution is 2.46. The predicted octanol–water partition coefficient (Wildman–Crippen LogP) is 4.22. The van der Waals surface area contributed by atoms with E-state index in [-0.39, 0.29) is 10.7 Å². The Morgan fingerprint density at radius 3 is 2.18 bits per heavy atom. The third kappa shape index (κ3) is 2.39. The topological polar surface area (TPSA) is 12.0 Å². The summed E-state index contributed by atoms with van der Waals surface area (Å²) in [5.41, 5.74) is 0.261. The lowest BCUT2D eigenvalue weighted by molar-refractivity contribution is 0.551. The van der Waals surface area contributed by atoms with Gasteiger partial charge in [-0.15, -0.1) is 0 Å². The molecule has 0 aliphatic heterocycles. The molecule has 92 valence electrons. The highest BCUT2D eigenvalue weighted by Gasteiger charge is 2.41. The summed E-state index contributed by atoms with van der Waals surface area (Å²) in [6.07, 6.45) is 4.81. The number of rotatable bonds is 4. The first-order valence-electron chi connectivity index (χ1n) is 6.06. The van der Waals surface area contributed by atoms with Crippen molar-refractivity contribution in [3.63, 3.8) is 0 Å². The second kappa shape index (κ2) is 4.13. The van der Waals surface area contributed by atoms with Gasteiger partial charge < -0.3 is 5.32 Å². The van der Waals surface area contributed by atoms with Crippen molar-refractivity contribution < 1.29 is 8.78 Å². The average Bonchev–Trinajstić information content (AvgIpc) is 3.12. The fourth-order valence-corrected chi connectivity index (χ4v) is 2.63. The van der Waals surface area contributed by atoms with Crippen molar-refractivity contribution in [2.24, 2.45) is 11.8 Å². The van der Waals surface area contributed by atoms with Crippen LogP contribution in [0.15, 0.2) is 12.1 Å². The monoisotopic (exact) mass is 257 g/mol. The van der Waals surface area contributed by atoms with Gasteiger partial charge in [-0.1, -0.05) is 11.6 Å². The Kier molecular flexibility index (Phi) is 2.74. The fraction of sp³-hybridized carbons (Fsp3) is 0.538. The minimum atomic E-state index is -0.632. The van der Waals surface area contributed by atoms with Crippen LogP contribution < -0.4 is 5.32 Å². The van der Waals surface area contributed by atoms with E-state index >= 15 is 0 Å². The van der Waals surface area contributed by atoms with Crippen LogP contribution in [0.4, 0.5) is 14.5 Å². The number of halogens is 3. The Morgan fingerprint density at radius 1 is 1.12 bits per heavy atom. The summed E-state index contributed by atoms with van der Waals surface area (Å²) in [5.74, 6) is 0.0554. The van der Waals surface area contributed by atoms with E-state index in [9.17, 15) is 8.78 Å². The van der Waals surface area contributed by atoms with E-state index in [2.05, 4.69) is 5.32 Å². The first-order chi connectivity index (χ1) is 8.15. The normalized spacial score (nSPS) is 19.8. The highest BCUT2D eigenvalue weighted by molar-refractivity contribution is 6.33. The molecule has 2 fully saturated rings. The molecule has 17 heavy (non-hydrogen) atoms. The van der Waals surface area contributed by atoms with Crippen LogP contribution in [0.3, 0.4) is 0 Å². The van der Waals surface area contributed by atoms with E-state index in [0.717, 1.165) is 12.1 Å². The van der Waals surface area contributed by atoms with Gasteiger partial charge in [-0.3, -0.25) is 0 Å². The van der Waals surface area contributed by atoms with Crippen molar-refractivity contribution in [3.05, 3.63) is 28.8 Å². The molecular weight excluding hydrogens is 244 g/mol. The number of hydrogen-bond donors (Lipinski definition) is 1. The lowest BCUT2D eigenvalue weighted by atomic mass is 10.1. The zero-order valence-electron chi connectivity index (χ0n) is 9.35. The summed E-state index contributed by atoms with van der Waals surface area (Å²) < 4.78 is 26.6. The zero-order chi connectivity index (χ0) is 12.0. The van der Waals surface area contributed by atoms with E-state index in [1.54, 1.807) is 0 Å². The van der Waals surface area contributed by atoms with Crippen LogP contribution >= 0.6 is 11.6 Å². The van der Waals surface area contributed by atoms with Crippen molar-refractivity contribution in [3.8, 4) is 0 Å².